The lowest BCUT2D eigenvalue weighted by Crippen LogP contribution is -2.46. The summed E-state index contributed by atoms with van der Waals surface area (Å²) in [4.78, 5) is 25.1. The molecule has 2 aliphatic rings. The number of rotatable bonds is 3. The summed E-state index contributed by atoms with van der Waals surface area (Å²) >= 11 is 0. The van der Waals surface area contributed by atoms with Crippen molar-refractivity contribution in [3.05, 3.63) is 72.6 Å². The zero-order chi connectivity index (χ0) is 30.6. The van der Waals surface area contributed by atoms with Gasteiger partial charge in [0.1, 0.15) is 28.9 Å². The second kappa shape index (κ2) is 13.1. The molecule has 4 aromatic rings. The fourth-order valence-corrected chi connectivity index (χ4v) is 5.58. The van der Waals surface area contributed by atoms with Gasteiger partial charge in [0.2, 0.25) is 0 Å². The highest BCUT2D eigenvalue weighted by molar-refractivity contribution is 5.93. The molecule has 0 aliphatic carbocycles. The molecule has 1 amide bonds. The number of hydrogen-bond donors (Lipinski definition) is 2. The van der Waals surface area contributed by atoms with E-state index in [4.69, 9.17) is 10.5 Å². The van der Waals surface area contributed by atoms with Crippen molar-refractivity contribution in [1.82, 2.24) is 15.3 Å². The van der Waals surface area contributed by atoms with Crippen LogP contribution in [0, 0.1) is 11.6 Å². The van der Waals surface area contributed by atoms with Gasteiger partial charge in [-0.05, 0) is 93.6 Å². The molecule has 0 radical (unpaired) electrons. The first-order valence-electron chi connectivity index (χ1n) is 14.9. The number of ether oxygens (including phenoxy) is 1. The Balaban J connectivity index is 0.000000180. The predicted molar refractivity (Wildman–Crippen MR) is 167 cm³/mol. The first-order valence-corrected chi connectivity index (χ1v) is 14.9. The second-order valence-electron chi connectivity index (χ2n) is 12.2. The zero-order valence-corrected chi connectivity index (χ0v) is 25.0. The third-order valence-corrected chi connectivity index (χ3v) is 7.77. The van der Waals surface area contributed by atoms with Gasteiger partial charge in [-0.15, -0.1) is 0 Å². The number of carbonyl (C=O) groups excluding carboxylic acids is 1. The molecular weight excluding hydrogens is 550 g/mol. The summed E-state index contributed by atoms with van der Waals surface area (Å²) in [5.41, 5.74) is 5.41. The van der Waals surface area contributed by atoms with E-state index >= 15 is 0 Å². The number of nitrogens with one attached hydrogen (secondary N) is 1. The number of fused-ring (bicyclic) bond motifs is 2. The van der Waals surface area contributed by atoms with E-state index in [2.05, 4.69) is 25.1 Å². The maximum absolute atomic E-state index is 13.6. The standard InChI is InChI=1S/C19H24FN3O2.C14H16FN3/c1-19(2,3)25-18(24)22-15-7-10-23(11-8-15)17-16-12-14(20)5-4-13(16)6-9-21-17;15-11-2-1-10-3-6-17-14(13(10)9-11)18-7-4-12(16)5-8-18/h4-6,9,12,15H,7-8,10-11H2,1-3H3,(H,22,24);1-3,6,9,12H,4-5,7-8,16H2. The molecule has 2 aromatic carbocycles. The van der Waals surface area contributed by atoms with E-state index in [0.717, 1.165) is 85.0 Å². The van der Waals surface area contributed by atoms with Gasteiger partial charge < -0.3 is 25.6 Å². The molecule has 10 heteroatoms. The van der Waals surface area contributed by atoms with E-state index in [-0.39, 0.29) is 29.8 Å². The van der Waals surface area contributed by atoms with Crippen LogP contribution in [-0.4, -0.2) is 59.9 Å². The first-order chi connectivity index (χ1) is 20.6. The number of aromatic nitrogens is 2. The second-order valence-corrected chi connectivity index (χ2v) is 12.2. The molecule has 3 N–H and O–H groups in total. The van der Waals surface area contributed by atoms with Gasteiger partial charge in [-0.3, -0.25) is 0 Å². The number of carbonyl (C=O) groups is 1. The van der Waals surface area contributed by atoms with E-state index in [0.29, 0.717) is 0 Å². The van der Waals surface area contributed by atoms with Gasteiger partial charge in [0.15, 0.2) is 0 Å². The summed E-state index contributed by atoms with van der Waals surface area (Å²) in [7, 11) is 0. The van der Waals surface area contributed by atoms with Gasteiger partial charge >= 0.3 is 6.09 Å². The van der Waals surface area contributed by atoms with Crippen molar-refractivity contribution in [3.63, 3.8) is 0 Å². The van der Waals surface area contributed by atoms with Crippen molar-refractivity contribution in [1.29, 1.82) is 0 Å². The summed E-state index contributed by atoms with van der Waals surface area (Å²) in [6.45, 7) is 8.83. The van der Waals surface area contributed by atoms with E-state index < -0.39 is 5.60 Å². The third-order valence-electron chi connectivity index (χ3n) is 7.77. The highest BCUT2D eigenvalue weighted by Gasteiger charge is 2.25. The molecule has 8 nitrogen and oxygen atoms in total. The van der Waals surface area contributed by atoms with E-state index in [9.17, 15) is 13.6 Å². The Morgan fingerprint density at radius 1 is 0.814 bits per heavy atom. The topological polar surface area (TPSA) is 96.6 Å². The van der Waals surface area contributed by atoms with Crippen LogP contribution in [-0.2, 0) is 4.74 Å². The highest BCUT2D eigenvalue weighted by Crippen LogP contribution is 2.29. The van der Waals surface area contributed by atoms with Crippen LogP contribution in [0.5, 0.6) is 0 Å². The van der Waals surface area contributed by atoms with Crippen molar-refractivity contribution >= 4 is 39.3 Å². The molecule has 228 valence electrons. The molecule has 0 unspecified atom stereocenters. The largest absolute Gasteiger partial charge is 0.444 e. The summed E-state index contributed by atoms with van der Waals surface area (Å²) < 4.78 is 32.3. The first kappa shape index (κ1) is 30.4. The summed E-state index contributed by atoms with van der Waals surface area (Å²) in [6.07, 6.45) is 6.68. The molecule has 2 aromatic heterocycles. The normalized spacial score (nSPS) is 16.6. The van der Waals surface area contributed by atoms with Crippen molar-refractivity contribution in [3.8, 4) is 0 Å². The van der Waals surface area contributed by atoms with Gasteiger partial charge in [-0.25, -0.2) is 23.5 Å². The Hall–Kier alpha value is -4.05. The van der Waals surface area contributed by atoms with Crippen LogP contribution in [0.4, 0.5) is 25.2 Å². The lowest BCUT2D eigenvalue weighted by atomic mass is 10.0. The van der Waals surface area contributed by atoms with Crippen LogP contribution in [0.2, 0.25) is 0 Å². The minimum atomic E-state index is -0.498. The average molecular weight is 591 g/mol. The average Bonchev–Trinajstić information content (AvgIpc) is 2.97. The summed E-state index contributed by atoms with van der Waals surface area (Å²) in [5.74, 6) is 1.19. The summed E-state index contributed by atoms with van der Waals surface area (Å²) in [6, 6.07) is 13.8. The van der Waals surface area contributed by atoms with Crippen LogP contribution >= 0.6 is 0 Å². The van der Waals surface area contributed by atoms with Gasteiger partial charge in [0.05, 0.1) is 0 Å². The number of benzene rings is 2. The van der Waals surface area contributed by atoms with Crippen LogP contribution in [0.3, 0.4) is 0 Å². The Kier molecular flexibility index (Phi) is 9.25. The Bertz CT molecular complexity index is 1560. The van der Waals surface area contributed by atoms with Gasteiger partial charge in [0, 0.05) is 61.4 Å². The minimum absolute atomic E-state index is 0.0813. The minimum Gasteiger partial charge on any atom is -0.444 e. The molecule has 43 heavy (non-hydrogen) atoms. The molecular formula is C33H40F2N6O2. The monoisotopic (exact) mass is 590 g/mol. The number of halogens is 2. The molecule has 2 aliphatic heterocycles. The zero-order valence-electron chi connectivity index (χ0n) is 25.0. The quantitative estimate of drug-likeness (QED) is 0.295. The van der Waals surface area contributed by atoms with Gasteiger partial charge in [0.25, 0.3) is 0 Å². The number of anilines is 2. The predicted octanol–water partition coefficient (Wildman–Crippen LogP) is 6.17. The number of amides is 1. The van der Waals surface area contributed by atoms with Crippen LogP contribution < -0.4 is 20.9 Å². The number of hydrogen-bond acceptors (Lipinski definition) is 7. The molecule has 2 fully saturated rings. The maximum Gasteiger partial charge on any atom is 0.407 e. The fourth-order valence-electron chi connectivity index (χ4n) is 5.58. The molecule has 0 spiro atoms. The Morgan fingerprint density at radius 2 is 1.28 bits per heavy atom. The Morgan fingerprint density at radius 3 is 1.74 bits per heavy atom. The number of alkyl carbamates (subject to hydrolysis) is 1. The molecule has 2 saturated heterocycles. The van der Waals surface area contributed by atoms with Gasteiger partial charge in [-0.2, -0.15) is 0 Å². The van der Waals surface area contributed by atoms with Crippen molar-refractivity contribution in [2.45, 2.75) is 64.1 Å². The van der Waals surface area contributed by atoms with E-state index in [1.165, 1.54) is 18.2 Å². The maximum atomic E-state index is 13.6. The number of nitrogens with two attached hydrogens (primary N) is 1. The lowest BCUT2D eigenvalue weighted by Gasteiger charge is -2.34. The van der Waals surface area contributed by atoms with Gasteiger partial charge in [-0.1, -0.05) is 12.1 Å². The SMILES string of the molecule is CC(C)(C)OC(=O)NC1CCN(c2nccc3ccc(F)cc23)CC1.NC1CCN(c2nccc3ccc(F)cc23)CC1. The number of pyridine rings is 2. The molecule has 0 bridgehead atoms. The van der Waals surface area contributed by atoms with E-state index in [1.807, 2.05) is 32.9 Å². The van der Waals surface area contributed by atoms with Crippen LogP contribution in [0.25, 0.3) is 21.5 Å². The summed E-state index contributed by atoms with van der Waals surface area (Å²) in [5, 5.41) is 6.63. The van der Waals surface area contributed by atoms with E-state index in [1.54, 1.807) is 30.6 Å². The smallest absolute Gasteiger partial charge is 0.407 e. The van der Waals surface area contributed by atoms with Crippen molar-refractivity contribution in [2.75, 3.05) is 36.0 Å². The highest BCUT2D eigenvalue weighted by atomic mass is 19.1. The molecule has 0 atom stereocenters. The molecule has 4 heterocycles. The lowest BCUT2D eigenvalue weighted by molar-refractivity contribution is 0.0497. The third kappa shape index (κ3) is 7.87. The molecule has 0 saturated carbocycles. The number of nitrogens with zero attached hydrogens (tertiary/aromatic N) is 4. The van der Waals surface area contributed by atoms with Crippen LogP contribution in [0.1, 0.15) is 46.5 Å². The van der Waals surface area contributed by atoms with Crippen molar-refractivity contribution in [2.24, 2.45) is 5.73 Å². The molecule has 6 rings (SSSR count). The Labute approximate surface area is 251 Å². The van der Waals surface area contributed by atoms with Crippen LogP contribution in [0.15, 0.2) is 60.9 Å². The number of piperidine rings is 2. The fraction of sp³-hybridized carbons (Fsp3) is 0.424. The van der Waals surface area contributed by atoms with Crippen molar-refractivity contribution < 1.29 is 18.3 Å².